The maximum Gasteiger partial charge on any atom is 4.00 e. The minimum Gasteiger partial charge on any atom is -0.693 e. The third-order valence-electron chi connectivity index (χ3n) is 0.604. The van der Waals surface area contributed by atoms with E-state index in [2.05, 4.69) is 13.8 Å². The van der Waals surface area contributed by atoms with Gasteiger partial charge in [0.1, 0.15) is 0 Å². The first-order chi connectivity index (χ1) is 2.41. The van der Waals surface area contributed by atoms with Gasteiger partial charge < -0.3 is 27.9 Å². The molecule has 0 saturated heterocycles. The molecule has 2 N–H and O–H groups in total. The van der Waals surface area contributed by atoms with Crippen molar-refractivity contribution in [2.45, 2.75) is 26.2 Å². The van der Waals surface area contributed by atoms with Gasteiger partial charge in [-0.3, -0.25) is 0 Å². The van der Waals surface area contributed by atoms with E-state index < -0.39 is 0 Å². The van der Waals surface area contributed by atoms with E-state index in [0.29, 0.717) is 0 Å². The van der Waals surface area contributed by atoms with Gasteiger partial charge in [0.2, 0.25) is 0 Å². The normalized spacial score (nSPS) is 4.67. The zero-order valence-electron chi connectivity index (χ0n) is 6.91. The first-order valence-electron chi connectivity index (χ1n) is 2.21. The Hall–Kier alpha value is 0.674. The molecule has 0 heterocycles. The second-order valence-corrected chi connectivity index (χ2v) is 1.21. The Bertz CT molecular complexity index is 16.4. The van der Waals surface area contributed by atoms with Crippen LogP contribution in [-0.4, -0.2) is 0 Å². The van der Waals surface area contributed by atoms with Gasteiger partial charge >= 0.3 is 21.7 Å². The van der Waals surface area contributed by atoms with Crippen LogP contribution in [0.2, 0.25) is 0 Å². The predicted molar refractivity (Wildman–Crippen MR) is 43.0 cm³/mol. The van der Waals surface area contributed by atoms with Gasteiger partial charge in [-0.25, -0.2) is 0 Å². The smallest absolute Gasteiger partial charge is 0.693 e. The van der Waals surface area contributed by atoms with Crippen LogP contribution in [0.1, 0.15) is 26.2 Å². The molecule has 0 spiro atoms. The third kappa shape index (κ3) is 54.0. The molecule has 1 nitrogen and oxygen atoms in total. The van der Waals surface area contributed by atoms with E-state index in [9.17, 15) is 0 Å². The van der Waals surface area contributed by atoms with Crippen LogP contribution in [-0.2, 0) is 21.7 Å². The number of unbranched alkanes of at least 4 members (excludes halogenated alkanes) is 2. The summed E-state index contributed by atoms with van der Waals surface area (Å²) in [5.41, 5.74) is 0. The van der Waals surface area contributed by atoms with Crippen LogP contribution in [0.5, 0.6) is 0 Å². The molecule has 0 aromatic heterocycles. The third-order valence-corrected chi connectivity index (χ3v) is 0.604. The molecule has 0 aromatic rings. The Morgan fingerprint density at radius 3 is 1.56 bits per heavy atom. The van der Waals surface area contributed by atoms with Crippen molar-refractivity contribution in [3.63, 3.8) is 0 Å². The summed E-state index contributed by atoms with van der Waals surface area (Å²) >= 11 is 0. The molecule has 2 heteroatoms. The quantitative estimate of drug-likeness (QED) is 0.442. The van der Waals surface area contributed by atoms with Crippen molar-refractivity contribution in [1.82, 2.24) is 0 Å². The van der Waals surface area contributed by atoms with E-state index in [1.54, 1.807) is 0 Å². The molecule has 0 fully saturated rings. The predicted octanol–water partition coefficient (Wildman–Crippen LogP) is 3.63. The Balaban J connectivity index is -0.0000000133. The van der Waals surface area contributed by atoms with E-state index in [1.807, 2.05) is 0 Å². The zero-order chi connectivity index (χ0) is 4.12. The molecule has 0 rings (SSSR count). The Morgan fingerprint density at radius 1 is 1.22 bits per heavy atom. The van der Waals surface area contributed by atoms with Crippen molar-refractivity contribution in [1.29, 1.82) is 0 Å². The molecular formula is C7H19NTi. The van der Waals surface area contributed by atoms with E-state index in [1.165, 1.54) is 12.8 Å². The van der Waals surface area contributed by atoms with Crippen LogP contribution < -0.4 is 0 Å². The van der Waals surface area contributed by atoms with Gasteiger partial charge in [-0.2, -0.15) is 6.42 Å². The van der Waals surface area contributed by atoms with Gasteiger partial charge in [0, 0.05) is 0 Å². The molecule has 0 bridgehead atoms. The van der Waals surface area contributed by atoms with Gasteiger partial charge in [0.25, 0.3) is 0 Å². The summed E-state index contributed by atoms with van der Waals surface area (Å²) in [6.45, 7) is 5.85. The SMILES string of the molecule is [CH2-]CCCC.[CH3-].[CH3-].[NH2-].[Ti+4]. The standard InChI is InChI=1S/C5H11.2CH3.H2N.Ti/c1-3-5-4-2;;;;/h1,3-5H2,2H3;2*1H3;1H2;/q4*-1;+4. The molecule has 0 atom stereocenters. The Morgan fingerprint density at radius 2 is 1.56 bits per heavy atom. The molecule has 9 heavy (non-hydrogen) atoms. The molecule has 0 aliphatic carbocycles. The maximum absolute atomic E-state index is 3.68. The maximum atomic E-state index is 3.68. The Labute approximate surface area is 76.1 Å². The second kappa shape index (κ2) is 37.8. The molecule has 0 aliphatic heterocycles. The molecule has 0 saturated carbocycles. The monoisotopic (exact) mass is 165 g/mol. The first kappa shape index (κ1) is 33.3. The average Bonchev–Trinajstić information content (AvgIpc) is 1.41. The van der Waals surface area contributed by atoms with Crippen molar-refractivity contribution >= 4 is 0 Å². The van der Waals surface area contributed by atoms with Crippen LogP contribution in [0.3, 0.4) is 0 Å². The molecule has 56 valence electrons. The number of rotatable bonds is 2. The molecule has 0 amide bonds. The Kier molecular flexibility index (Phi) is 140. The van der Waals surface area contributed by atoms with Crippen LogP contribution >= 0.6 is 0 Å². The van der Waals surface area contributed by atoms with Crippen LogP contribution in [0, 0.1) is 21.8 Å². The van der Waals surface area contributed by atoms with Crippen molar-refractivity contribution in [3.05, 3.63) is 27.9 Å². The summed E-state index contributed by atoms with van der Waals surface area (Å²) in [5, 5.41) is 0. The number of hydrogen-bond acceptors (Lipinski definition) is 0. The summed E-state index contributed by atoms with van der Waals surface area (Å²) in [5.74, 6) is 0. The van der Waals surface area contributed by atoms with Crippen LogP contribution in [0.4, 0.5) is 0 Å². The van der Waals surface area contributed by atoms with E-state index in [4.69, 9.17) is 0 Å². The zero-order valence-corrected chi connectivity index (χ0v) is 8.47. The fraction of sp³-hybridized carbons (Fsp3) is 0.571. The average molecular weight is 165 g/mol. The molecule has 0 aliphatic rings. The van der Waals surface area contributed by atoms with Crippen LogP contribution in [0.15, 0.2) is 0 Å². The number of nitrogens with two attached hydrogens (primary N) is 1. The molecule has 0 radical (unpaired) electrons. The van der Waals surface area contributed by atoms with Gasteiger partial charge in [0.15, 0.2) is 0 Å². The van der Waals surface area contributed by atoms with Crippen LogP contribution in [0.25, 0.3) is 6.15 Å². The molecule has 0 aromatic carbocycles. The fourth-order valence-corrected chi connectivity index (χ4v) is 0.250. The fourth-order valence-electron chi connectivity index (χ4n) is 0.250. The molecule has 0 unspecified atom stereocenters. The van der Waals surface area contributed by atoms with Gasteiger partial charge in [-0.1, -0.05) is 19.8 Å². The largest absolute Gasteiger partial charge is 4.00 e. The van der Waals surface area contributed by atoms with Gasteiger partial charge in [0.05, 0.1) is 0 Å². The topological polar surface area (TPSA) is 33.5 Å². The minimum atomic E-state index is 0. The van der Waals surface area contributed by atoms with Gasteiger partial charge in [-0.05, 0) is 0 Å². The second-order valence-electron chi connectivity index (χ2n) is 1.21. The summed E-state index contributed by atoms with van der Waals surface area (Å²) in [6, 6.07) is 0. The summed E-state index contributed by atoms with van der Waals surface area (Å²) in [7, 11) is 0. The van der Waals surface area contributed by atoms with Crippen molar-refractivity contribution < 1.29 is 21.7 Å². The van der Waals surface area contributed by atoms with Crippen molar-refractivity contribution in [2.75, 3.05) is 0 Å². The first-order valence-corrected chi connectivity index (χ1v) is 2.21. The minimum absolute atomic E-state index is 0. The molecular weight excluding hydrogens is 146 g/mol. The number of hydrogen-bond donors (Lipinski definition) is 0. The van der Waals surface area contributed by atoms with E-state index in [-0.39, 0.29) is 42.7 Å². The van der Waals surface area contributed by atoms with E-state index in [0.717, 1.165) is 6.42 Å². The van der Waals surface area contributed by atoms with E-state index >= 15 is 0 Å². The summed E-state index contributed by atoms with van der Waals surface area (Å²) in [4.78, 5) is 0. The van der Waals surface area contributed by atoms with Crippen molar-refractivity contribution in [3.8, 4) is 0 Å². The van der Waals surface area contributed by atoms with Gasteiger partial charge in [-0.15, -0.1) is 0 Å². The summed E-state index contributed by atoms with van der Waals surface area (Å²) in [6.07, 6.45) is 3.65. The summed E-state index contributed by atoms with van der Waals surface area (Å²) < 4.78 is 0. The van der Waals surface area contributed by atoms with Crippen molar-refractivity contribution in [2.24, 2.45) is 0 Å².